The Bertz CT molecular complexity index is 378. The molecule has 5 heteroatoms. The normalized spacial score (nSPS) is 31.7. The van der Waals surface area contributed by atoms with Crippen LogP contribution in [0.2, 0.25) is 0 Å². The van der Waals surface area contributed by atoms with Gasteiger partial charge < -0.3 is 10.8 Å². The van der Waals surface area contributed by atoms with Gasteiger partial charge in [0.15, 0.2) is 0 Å². The number of rotatable bonds is 6. The van der Waals surface area contributed by atoms with Crippen LogP contribution in [-0.4, -0.2) is 37.7 Å². The van der Waals surface area contributed by atoms with E-state index in [1.807, 2.05) is 0 Å². The fourth-order valence-electron chi connectivity index (χ4n) is 3.04. The van der Waals surface area contributed by atoms with Crippen LogP contribution in [0.3, 0.4) is 0 Å². The van der Waals surface area contributed by atoms with Gasteiger partial charge in [-0.1, -0.05) is 20.8 Å². The number of hydrogen-bond acceptors (Lipinski definition) is 4. The van der Waals surface area contributed by atoms with E-state index in [2.05, 4.69) is 13.8 Å². The van der Waals surface area contributed by atoms with Gasteiger partial charge >= 0.3 is 0 Å². The molecule has 0 aliphatic heterocycles. The summed E-state index contributed by atoms with van der Waals surface area (Å²) < 4.78 is 23.0. The van der Waals surface area contributed by atoms with Gasteiger partial charge in [-0.25, -0.2) is 8.42 Å². The molecule has 0 aromatic carbocycles. The summed E-state index contributed by atoms with van der Waals surface area (Å²) in [6, 6.07) is 0. The quantitative estimate of drug-likeness (QED) is 0.767. The number of aliphatic hydroxyl groups is 1. The zero-order valence-corrected chi connectivity index (χ0v) is 12.6. The van der Waals surface area contributed by atoms with Crippen LogP contribution < -0.4 is 5.73 Å². The van der Waals surface area contributed by atoms with Crippen LogP contribution in [0.5, 0.6) is 0 Å². The van der Waals surface area contributed by atoms with Gasteiger partial charge in [0.05, 0.1) is 11.9 Å². The van der Waals surface area contributed by atoms with Crippen molar-refractivity contribution >= 4 is 9.84 Å². The Kier molecular flexibility index (Phi) is 4.84. The van der Waals surface area contributed by atoms with Crippen molar-refractivity contribution in [3.05, 3.63) is 0 Å². The molecule has 2 unspecified atom stereocenters. The van der Waals surface area contributed by atoms with Gasteiger partial charge in [0.2, 0.25) is 0 Å². The molecule has 108 valence electrons. The van der Waals surface area contributed by atoms with E-state index in [1.165, 1.54) is 0 Å². The zero-order valence-electron chi connectivity index (χ0n) is 11.8. The molecule has 1 rings (SSSR count). The molecular weight excluding hydrogens is 250 g/mol. The van der Waals surface area contributed by atoms with Crippen LogP contribution in [-0.2, 0) is 9.84 Å². The minimum atomic E-state index is -2.91. The molecule has 2 atom stereocenters. The predicted octanol–water partition coefficient (Wildman–Crippen LogP) is 1.33. The van der Waals surface area contributed by atoms with E-state index in [4.69, 9.17) is 5.73 Å². The van der Waals surface area contributed by atoms with Crippen LogP contribution in [0.4, 0.5) is 0 Å². The fraction of sp³-hybridized carbons (Fsp3) is 1.00. The maximum atomic E-state index is 11.5. The van der Waals surface area contributed by atoms with Gasteiger partial charge in [-0.05, 0) is 31.1 Å². The molecule has 0 saturated heterocycles. The lowest BCUT2D eigenvalue weighted by Gasteiger charge is -2.36. The van der Waals surface area contributed by atoms with Gasteiger partial charge in [0, 0.05) is 17.7 Å². The summed E-state index contributed by atoms with van der Waals surface area (Å²) in [4.78, 5) is 0. The average Bonchev–Trinajstić information content (AvgIpc) is 2.54. The molecule has 18 heavy (non-hydrogen) atoms. The number of aliphatic hydroxyl groups excluding tert-OH is 1. The average molecular weight is 277 g/mol. The van der Waals surface area contributed by atoms with E-state index < -0.39 is 15.9 Å². The minimum absolute atomic E-state index is 0.108. The van der Waals surface area contributed by atoms with Crippen molar-refractivity contribution in [1.82, 2.24) is 0 Å². The summed E-state index contributed by atoms with van der Waals surface area (Å²) in [7, 11) is -2.91. The van der Waals surface area contributed by atoms with Crippen molar-refractivity contribution in [2.75, 3.05) is 18.1 Å². The van der Waals surface area contributed by atoms with Gasteiger partial charge in [-0.15, -0.1) is 0 Å². The SMILES string of the molecule is CCS(=O)(=O)CCCC1(CN)CCC(C)(C)C1O. The molecule has 0 bridgehead atoms. The summed E-state index contributed by atoms with van der Waals surface area (Å²) in [5.41, 5.74) is 5.46. The molecule has 0 heterocycles. The van der Waals surface area contributed by atoms with Crippen molar-refractivity contribution in [3.63, 3.8) is 0 Å². The van der Waals surface area contributed by atoms with Crippen molar-refractivity contribution in [1.29, 1.82) is 0 Å². The van der Waals surface area contributed by atoms with E-state index in [9.17, 15) is 13.5 Å². The zero-order chi connectivity index (χ0) is 14.0. The van der Waals surface area contributed by atoms with E-state index in [0.717, 1.165) is 12.8 Å². The molecule has 0 aromatic rings. The third-order valence-corrected chi connectivity index (χ3v) is 6.35. The fourth-order valence-corrected chi connectivity index (χ4v) is 3.91. The Morgan fingerprint density at radius 3 is 2.33 bits per heavy atom. The Labute approximate surface area is 111 Å². The number of hydrogen-bond donors (Lipinski definition) is 2. The Morgan fingerprint density at radius 2 is 1.94 bits per heavy atom. The molecule has 0 amide bonds. The maximum absolute atomic E-state index is 11.5. The highest BCUT2D eigenvalue weighted by molar-refractivity contribution is 7.91. The lowest BCUT2D eigenvalue weighted by Crippen LogP contribution is -2.43. The van der Waals surface area contributed by atoms with Crippen LogP contribution in [0, 0.1) is 10.8 Å². The van der Waals surface area contributed by atoms with Gasteiger partial charge in [-0.3, -0.25) is 0 Å². The molecule has 1 aliphatic carbocycles. The van der Waals surface area contributed by atoms with E-state index in [0.29, 0.717) is 19.4 Å². The van der Waals surface area contributed by atoms with E-state index in [1.54, 1.807) is 6.92 Å². The first kappa shape index (κ1) is 15.9. The van der Waals surface area contributed by atoms with Crippen LogP contribution in [0.15, 0.2) is 0 Å². The van der Waals surface area contributed by atoms with E-state index >= 15 is 0 Å². The molecule has 1 fully saturated rings. The summed E-state index contributed by atoms with van der Waals surface area (Å²) >= 11 is 0. The predicted molar refractivity (Wildman–Crippen MR) is 74.1 cm³/mol. The first-order valence-corrected chi connectivity index (χ1v) is 8.60. The monoisotopic (exact) mass is 277 g/mol. The largest absolute Gasteiger partial charge is 0.392 e. The second-order valence-corrected chi connectivity index (χ2v) is 8.77. The van der Waals surface area contributed by atoms with Gasteiger partial charge in [0.25, 0.3) is 0 Å². The summed E-state index contributed by atoms with van der Waals surface area (Å²) in [5.74, 6) is 0.398. The highest BCUT2D eigenvalue weighted by atomic mass is 32.2. The van der Waals surface area contributed by atoms with Gasteiger partial charge in [0.1, 0.15) is 9.84 Å². The molecule has 4 nitrogen and oxygen atoms in total. The lowest BCUT2D eigenvalue weighted by atomic mass is 9.75. The van der Waals surface area contributed by atoms with Crippen LogP contribution >= 0.6 is 0 Å². The molecule has 0 spiro atoms. The first-order chi connectivity index (χ1) is 8.19. The molecule has 1 saturated carbocycles. The smallest absolute Gasteiger partial charge is 0.150 e. The van der Waals surface area contributed by atoms with Crippen molar-refractivity contribution < 1.29 is 13.5 Å². The number of sulfone groups is 1. The number of nitrogens with two attached hydrogens (primary N) is 1. The van der Waals surface area contributed by atoms with E-state index in [-0.39, 0.29) is 22.3 Å². The third-order valence-electron chi connectivity index (χ3n) is 4.56. The third kappa shape index (κ3) is 3.25. The van der Waals surface area contributed by atoms with Gasteiger partial charge in [-0.2, -0.15) is 0 Å². The standard InChI is InChI=1S/C13H27NO3S/c1-4-18(16,17)9-5-6-13(10-14)8-7-12(2,3)11(13)15/h11,15H,4-10,14H2,1-3H3. The van der Waals surface area contributed by atoms with Crippen LogP contribution in [0.1, 0.15) is 46.5 Å². The summed E-state index contributed by atoms with van der Waals surface area (Å²) in [6.07, 6.45) is 2.71. The summed E-state index contributed by atoms with van der Waals surface area (Å²) in [5, 5.41) is 10.4. The van der Waals surface area contributed by atoms with Crippen molar-refractivity contribution in [2.45, 2.75) is 52.6 Å². The van der Waals surface area contributed by atoms with Crippen LogP contribution in [0.25, 0.3) is 0 Å². The Balaban J connectivity index is 2.64. The maximum Gasteiger partial charge on any atom is 0.150 e. The molecular formula is C13H27NO3S. The van der Waals surface area contributed by atoms with Crippen molar-refractivity contribution in [2.24, 2.45) is 16.6 Å². The molecule has 0 radical (unpaired) electrons. The minimum Gasteiger partial charge on any atom is -0.392 e. The molecule has 1 aliphatic rings. The Morgan fingerprint density at radius 1 is 1.33 bits per heavy atom. The Hall–Kier alpha value is -0.130. The highest BCUT2D eigenvalue weighted by Crippen LogP contribution is 2.51. The topological polar surface area (TPSA) is 80.4 Å². The molecule has 3 N–H and O–H groups in total. The summed E-state index contributed by atoms with van der Waals surface area (Å²) in [6.45, 7) is 6.21. The first-order valence-electron chi connectivity index (χ1n) is 6.78. The lowest BCUT2D eigenvalue weighted by molar-refractivity contribution is -0.00930. The second-order valence-electron chi connectivity index (χ2n) is 6.30. The second kappa shape index (κ2) is 5.47. The molecule has 0 aromatic heterocycles. The highest BCUT2D eigenvalue weighted by Gasteiger charge is 2.50. The van der Waals surface area contributed by atoms with Crippen molar-refractivity contribution in [3.8, 4) is 0 Å².